The number of nitrogens with one attached hydrogen (secondary N) is 1. The molecule has 0 fully saturated rings. The number of methoxy groups -OCH3 is 1. The lowest BCUT2D eigenvalue weighted by atomic mass is 10.1. The number of carbonyl (C=O) groups excluding carboxylic acids is 2. The van der Waals surface area contributed by atoms with Crippen LogP contribution in [0.1, 0.15) is 36.0 Å². The highest BCUT2D eigenvalue weighted by Gasteiger charge is 2.21. The summed E-state index contributed by atoms with van der Waals surface area (Å²) >= 11 is 0. The van der Waals surface area contributed by atoms with E-state index in [4.69, 9.17) is 5.26 Å². The van der Waals surface area contributed by atoms with Crippen LogP contribution in [0.2, 0.25) is 0 Å². The first-order valence-corrected chi connectivity index (χ1v) is 6.34. The van der Waals surface area contributed by atoms with E-state index in [0.717, 1.165) is 0 Å². The van der Waals surface area contributed by atoms with Crippen molar-refractivity contribution in [3.8, 4) is 6.07 Å². The molecule has 0 spiro atoms. The van der Waals surface area contributed by atoms with E-state index in [0.29, 0.717) is 31.2 Å². The fourth-order valence-corrected chi connectivity index (χ4v) is 1.69. The largest absolute Gasteiger partial charge is 0.467 e. The van der Waals surface area contributed by atoms with Crippen molar-refractivity contribution < 1.29 is 14.3 Å². The number of amides is 1. The summed E-state index contributed by atoms with van der Waals surface area (Å²) in [5, 5.41) is 11.1. The van der Waals surface area contributed by atoms with Crippen molar-refractivity contribution in [2.75, 3.05) is 7.11 Å². The van der Waals surface area contributed by atoms with Crippen LogP contribution in [-0.4, -0.2) is 30.0 Å². The van der Waals surface area contributed by atoms with Crippen molar-refractivity contribution in [2.45, 2.75) is 31.7 Å². The molecule has 1 aromatic rings. The van der Waals surface area contributed by atoms with Crippen LogP contribution in [0.15, 0.2) is 24.5 Å². The van der Waals surface area contributed by atoms with E-state index in [1.807, 2.05) is 6.07 Å². The van der Waals surface area contributed by atoms with E-state index in [9.17, 15) is 9.59 Å². The van der Waals surface area contributed by atoms with Crippen molar-refractivity contribution in [1.82, 2.24) is 10.3 Å². The van der Waals surface area contributed by atoms with Crippen LogP contribution in [0, 0.1) is 11.3 Å². The van der Waals surface area contributed by atoms with Crippen LogP contribution in [-0.2, 0) is 9.53 Å². The lowest BCUT2D eigenvalue weighted by molar-refractivity contribution is -0.143. The number of rotatable bonds is 7. The van der Waals surface area contributed by atoms with Gasteiger partial charge in [-0.25, -0.2) is 4.79 Å². The van der Waals surface area contributed by atoms with Gasteiger partial charge in [0.25, 0.3) is 5.91 Å². The Balaban J connectivity index is 2.58. The highest BCUT2D eigenvalue weighted by Crippen LogP contribution is 2.06. The van der Waals surface area contributed by atoms with Gasteiger partial charge in [-0.3, -0.25) is 9.78 Å². The number of hydrogen-bond acceptors (Lipinski definition) is 5. The average Bonchev–Trinajstić information content (AvgIpc) is 2.50. The van der Waals surface area contributed by atoms with E-state index in [1.54, 1.807) is 12.1 Å². The minimum absolute atomic E-state index is 0.344. The predicted molar refractivity (Wildman–Crippen MR) is 71.6 cm³/mol. The summed E-state index contributed by atoms with van der Waals surface area (Å²) in [4.78, 5) is 27.4. The summed E-state index contributed by atoms with van der Waals surface area (Å²) in [5.41, 5.74) is 0.436. The number of hydrogen-bond donors (Lipinski definition) is 1. The molecular weight excluding hydrogens is 258 g/mol. The Morgan fingerprint density at radius 3 is 2.70 bits per heavy atom. The van der Waals surface area contributed by atoms with E-state index >= 15 is 0 Å². The Labute approximate surface area is 117 Å². The van der Waals surface area contributed by atoms with E-state index in [2.05, 4.69) is 15.0 Å². The summed E-state index contributed by atoms with van der Waals surface area (Å²) in [5.74, 6) is -0.826. The SMILES string of the molecule is COC(=O)[C@@H](CCCCC#N)NC(=O)c1ccncc1. The van der Waals surface area contributed by atoms with Gasteiger partial charge in [0.2, 0.25) is 0 Å². The molecular formula is C14H17N3O3. The maximum Gasteiger partial charge on any atom is 0.328 e. The van der Waals surface area contributed by atoms with E-state index in [-0.39, 0.29) is 5.91 Å². The molecule has 0 aromatic carbocycles. The van der Waals surface area contributed by atoms with Crippen LogP contribution in [0.4, 0.5) is 0 Å². The van der Waals surface area contributed by atoms with Crippen LogP contribution >= 0.6 is 0 Å². The Kier molecular flexibility index (Phi) is 6.76. The number of unbranched alkanes of at least 4 members (excludes halogenated alkanes) is 2. The molecule has 0 aliphatic heterocycles. The quantitative estimate of drug-likeness (QED) is 0.600. The molecule has 0 aliphatic rings. The van der Waals surface area contributed by atoms with Gasteiger partial charge in [-0.1, -0.05) is 0 Å². The zero-order valence-corrected chi connectivity index (χ0v) is 11.3. The molecule has 0 radical (unpaired) electrons. The third kappa shape index (κ3) is 5.06. The van der Waals surface area contributed by atoms with E-state index in [1.165, 1.54) is 19.5 Å². The van der Waals surface area contributed by atoms with Gasteiger partial charge in [-0.2, -0.15) is 5.26 Å². The summed E-state index contributed by atoms with van der Waals surface area (Å²) in [6, 6.07) is 4.48. The predicted octanol–water partition coefficient (Wildman–Crippen LogP) is 1.44. The molecule has 0 bridgehead atoms. The monoisotopic (exact) mass is 275 g/mol. The number of esters is 1. The highest BCUT2D eigenvalue weighted by atomic mass is 16.5. The molecule has 0 aliphatic carbocycles. The molecule has 1 heterocycles. The number of ether oxygens (including phenoxy) is 1. The maximum absolute atomic E-state index is 12.0. The first kappa shape index (κ1) is 15.6. The smallest absolute Gasteiger partial charge is 0.328 e. The van der Waals surface area contributed by atoms with Crippen molar-refractivity contribution in [1.29, 1.82) is 5.26 Å². The highest BCUT2D eigenvalue weighted by molar-refractivity contribution is 5.96. The van der Waals surface area contributed by atoms with Crippen molar-refractivity contribution in [3.63, 3.8) is 0 Å². The number of pyridine rings is 1. The van der Waals surface area contributed by atoms with Crippen LogP contribution < -0.4 is 5.32 Å². The maximum atomic E-state index is 12.0. The molecule has 106 valence electrons. The fourth-order valence-electron chi connectivity index (χ4n) is 1.69. The standard InChI is InChI=1S/C14H17N3O3/c1-20-14(19)12(5-3-2-4-8-15)17-13(18)11-6-9-16-10-7-11/h6-7,9-10,12H,2-5H2,1H3,(H,17,18)/t12-/m1/s1. The Morgan fingerprint density at radius 2 is 2.10 bits per heavy atom. The molecule has 1 aromatic heterocycles. The van der Waals surface area contributed by atoms with E-state index < -0.39 is 12.0 Å². The molecule has 6 nitrogen and oxygen atoms in total. The molecule has 0 saturated carbocycles. The zero-order chi connectivity index (χ0) is 14.8. The average molecular weight is 275 g/mol. The van der Waals surface area contributed by atoms with Crippen LogP contribution in [0.5, 0.6) is 0 Å². The van der Waals surface area contributed by atoms with Crippen LogP contribution in [0.25, 0.3) is 0 Å². The van der Waals surface area contributed by atoms with Crippen LogP contribution in [0.3, 0.4) is 0 Å². The summed E-state index contributed by atoms with van der Waals surface area (Å²) in [7, 11) is 1.28. The van der Waals surface area contributed by atoms with Gasteiger partial charge in [-0.05, 0) is 31.4 Å². The second-order valence-electron chi connectivity index (χ2n) is 4.19. The summed E-state index contributed by atoms with van der Waals surface area (Å²) < 4.78 is 4.68. The molecule has 1 N–H and O–H groups in total. The molecule has 0 unspecified atom stereocenters. The lowest BCUT2D eigenvalue weighted by Crippen LogP contribution is -2.41. The molecule has 1 amide bonds. The zero-order valence-electron chi connectivity index (χ0n) is 11.3. The van der Waals surface area contributed by atoms with Gasteiger partial charge in [0.05, 0.1) is 13.2 Å². The third-order valence-electron chi connectivity index (χ3n) is 2.76. The van der Waals surface area contributed by atoms with Gasteiger partial charge in [0.1, 0.15) is 6.04 Å². The molecule has 1 atom stereocenters. The first-order valence-electron chi connectivity index (χ1n) is 6.34. The first-order chi connectivity index (χ1) is 9.69. The number of nitriles is 1. The summed E-state index contributed by atoms with van der Waals surface area (Å²) in [6.45, 7) is 0. The lowest BCUT2D eigenvalue weighted by Gasteiger charge is -2.16. The molecule has 20 heavy (non-hydrogen) atoms. The Hall–Kier alpha value is -2.42. The van der Waals surface area contributed by atoms with Crippen molar-refractivity contribution in [2.24, 2.45) is 0 Å². The van der Waals surface area contributed by atoms with Gasteiger partial charge < -0.3 is 10.1 Å². The topological polar surface area (TPSA) is 92.1 Å². The van der Waals surface area contributed by atoms with Gasteiger partial charge in [0, 0.05) is 24.4 Å². The normalized spacial score (nSPS) is 11.2. The Bertz CT molecular complexity index is 482. The minimum Gasteiger partial charge on any atom is -0.467 e. The van der Waals surface area contributed by atoms with Gasteiger partial charge in [0.15, 0.2) is 0 Å². The summed E-state index contributed by atoms with van der Waals surface area (Å²) in [6.07, 6.45) is 5.26. The second-order valence-corrected chi connectivity index (χ2v) is 4.19. The van der Waals surface area contributed by atoms with Crippen molar-refractivity contribution >= 4 is 11.9 Å². The Morgan fingerprint density at radius 1 is 1.40 bits per heavy atom. The molecule has 0 saturated heterocycles. The third-order valence-corrected chi connectivity index (χ3v) is 2.76. The minimum atomic E-state index is -0.695. The van der Waals surface area contributed by atoms with Gasteiger partial charge in [-0.15, -0.1) is 0 Å². The molecule has 1 rings (SSSR count). The van der Waals surface area contributed by atoms with Crippen molar-refractivity contribution in [3.05, 3.63) is 30.1 Å². The number of nitrogens with zero attached hydrogens (tertiary/aromatic N) is 2. The second kappa shape index (κ2) is 8.64. The fraction of sp³-hybridized carbons (Fsp3) is 0.429. The van der Waals surface area contributed by atoms with Gasteiger partial charge >= 0.3 is 5.97 Å². The molecule has 6 heteroatoms. The number of aromatic nitrogens is 1. The number of carbonyl (C=O) groups is 2.